The molecule has 0 aliphatic heterocycles. The summed E-state index contributed by atoms with van der Waals surface area (Å²) in [5.74, 6) is -0.785. The Morgan fingerprint density at radius 2 is 1.57 bits per heavy atom. The first-order valence-electron chi connectivity index (χ1n) is 13.3. The molecule has 0 saturated heterocycles. The van der Waals surface area contributed by atoms with Crippen LogP contribution in [0.25, 0.3) is 0 Å². The van der Waals surface area contributed by atoms with Crippen LogP contribution in [0.5, 0.6) is 0 Å². The number of halogens is 1. The molecular weight excluding hydrogens is 546 g/mol. The lowest BCUT2D eigenvalue weighted by Gasteiger charge is -2.34. The van der Waals surface area contributed by atoms with Crippen molar-refractivity contribution in [2.24, 2.45) is 0 Å². The highest BCUT2D eigenvalue weighted by atomic mass is 35.5. The maximum Gasteiger partial charge on any atom is 0.264 e. The van der Waals surface area contributed by atoms with E-state index in [9.17, 15) is 18.0 Å². The van der Waals surface area contributed by atoms with E-state index < -0.39 is 28.5 Å². The van der Waals surface area contributed by atoms with Gasteiger partial charge in [0.15, 0.2) is 0 Å². The first kappa shape index (κ1) is 31.2. The number of amides is 2. The molecule has 0 spiro atoms. The van der Waals surface area contributed by atoms with Gasteiger partial charge in [-0.1, -0.05) is 66.6 Å². The van der Waals surface area contributed by atoms with Crippen molar-refractivity contribution in [2.45, 2.75) is 71.5 Å². The van der Waals surface area contributed by atoms with Crippen molar-refractivity contribution in [3.63, 3.8) is 0 Å². The summed E-state index contributed by atoms with van der Waals surface area (Å²) in [4.78, 5) is 28.9. The average Bonchev–Trinajstić information content (AvgIpc) is 2.89. The second kappa shape index (κ2) is 13.3. The monoisotopic (exact) mass is 583 g/mol. The van der Waals surface area contributed by atoms with Gasteiger partial charge in [0.2, 0.25) is 11.8 Å². The summed E-state index contributed by atoms with van der Waals surface area (Å²) in [6.07, 6.45) is 0.358. The molecule has 214 valence electrons. The molecule has 3 rings (SSSR count). The smallest absolute Gasteiger partial charge is 0.264 e. The van der Waals surface area contributed by atoms with Gasteiger partial charge in [-0.3, -0.25) is 13.9 Å². The van der Waals surface area contributed by atoms with E-state index in [0.717, 1.165) is 26.6 Å². The van der Waals surface area contributed by atoms with Crippen molar-refractivity contribution in [2.75, 3.05) is 10.8 Å². The molecule has 1 atom stereocenters. The summed E-state index contributed by atoms with van der Waals surface area (Å²) in [6.45, 7) is 10.8. The number of sulfonamides is 1. The largest absolute Gasteiger partial charge is 0.352 e. The minimum Gasteiger partial charge on any atom is -0.352 e. The minimum atomic E-state index is -4.16. The molecule has 0 fully saturated rings. The first-order valence-corrected chi connectivity index (χ1v) is 15.2. The van der Waals surface area contributed by atoms with Crippen LogP contribution in [0.2, 0.25) is 5.02 Å². The molecule has 0 saturated carbocycles. The Kier molecular flexibility index (Phi) is 10.4. The fourth-order valence-corrected chi connectivity index (χ4v) is 5.96. The molecular formula is C31H38ClN3O4S. The number of carbonyl (C=O) groups excluding carboxylic acids is 2. The molecule has 3 aromatic carbocycles. The number of nitrogens with zero attached hydrogens (tertiary/aromatic N) is 2. The molecule has 0 aliphatic rings. The lowest BCUT2D eigenvalue weighted by atomic mass is 10.1. The Hall–Kier alpha value is -3.36. The van der Waals surface area contributed by atoms with Gasteiger partial charge in [-0.25, -0.2) is 8.42 Å². The zero-order valence-corrected chi connectivity index (χ0v) is 25.5. The lowest BCUT2D eigenvalue weighted by Crippen LogP contribution is -2.53. The Labute approximate surface area is 243 Å². The van der Waals surface area contributed by atoms with E-state index in [2.05, 4.69) is 5.32 Å². The Balaban J connectivity index is 2.10. The van der Waals surface area contributed by atoms with E-state index in [-0.39, 0.29) is 29.1 Å². The second-order valence-corrected chi connectivity index (χ2v) is 12.6. The highest BCUT2D eigenvalue weighted by Crippen LogP contribution is 2.29. The van der Waals surface area contributed by atoms with Gasteiger partial charge in [0.25, 0.3) is 10.0 Å². The molecule has 1 N–H and O–H groups in total. The zero-order chi connectivity index (χ0) is 29.6. The van der Waals surface area contributed by atoms with Crippen LogP contribution in [-0.4, -0.2) is 43.8 Å². The van der Waals surface area contributed by atoms with Crippen LogP contribution in [0.1, 0.15) is 49.4 Å². The van der Waals surface area contributed by atoms with Crippen molar-refractivity contribution in [3.05, 3.63) is 94.0 Å². The summed E-state index contributed by atoms with van der Waals surface area (Å²) in [5, 5.41) is 3.29. The van der Waals surface area contributed by atoms with E-state index >= 15 is 0 Å². The maximum absolute atomic E-state index is 14.1. The Morgan fingerprint density at radius 1 is 0.925 bits per heavy atom. The number of rotatable bonds is 11. The number of carbonyl (C=O) groups is 2. The predicted molar refractivity (Wildman–Crippen MR) is 161 cm³/mol. The standard InChI is InChI=1S/C31H38ClN3O4S/c1-7-29(31(37)33-21(2)3)34(19-25-11-9-8-10-23(25)5)30(36)20-35(26-15-14-24(6)28(32)18-26)40(38,39)27-16-12-22(4)13-17-27/h8-18,21,29H,7,19-20H2,1-6H3,(H,33,37)/t29-/m0/s1. The van der Waals surface area contributed by atoms with Crippen LogP contribution in [0.3, 0.4) is 0 Å². The first-order chi connectivity index (χ1) is 18.8. The third-order valence-corrected chi connectivity index (χ3v) is 8.95. The summed E-state index contributed by atoms with van der Waals surface area (Å²) in [7, 11) is -4.16. The summed E-state index contributed by atoms with van der Waals surface area (Å²) in [5.41, 5.74) is 3.79. The minimum absolute atomic E-state index is 0.0534. The van der Waals surface area contributed by atoms with Crippen molar-refractivity contribution in [1.82, 2.24) is 10.2 Å². The molecule has 9 heteroatoms. The van der Waals surface area contributed by atoms with Crippen molar-refractivity contribution < 1.29 is 18.0 Å². The van der Waals surface area contributed by atoms with Gasteiger partial charge in [0.1, 0.15) is 12.6 Å². The van der Waals surface area contributed by atoms with Crippen molar-refractivity contribution in [1.29, 1.82) is 0 Å². The van der Waals surface area contributed by atoms with Crippen LogP contribution < -0.4 is 9.62 Å². The van der Waals surface area contributed by atoms with Gasteiger partial charge in [-0.15, -0.1) is 0 Å². The molecule has 0 unspecified atom stereocenters. The van der Waals surface area contributed by atoms with Crippen LogP contribution >= 0.6 is 11.6 Å². The molecule has 40 heavy (non-hydrogen) atoms. The number of benzene rings is 3. The van der Waals surface area contributed by atoms with Crippen LogP contribution in [-0.2, 0) is 26.2 Å². The van der Waals surface area contributed by atoms with E-state index in [1.54, 1.807) is 30.3 Å². The van der Waals surface area contributed by atoms with E-state index in [1.807, 2.05) is 65.8 Å². The van der Waals surface area contributed by atoms with Crippen LogP contribution in [0, 0.1) is 20.8 Å². The Morgan fingerprint density at radius 3 is 2.15 bits per heavy atom. The third-order valence-electron chi connectivity index (χ3n) is 6.75. The molecule has 3 aromatic rings. The van der Waals surface area contributed by atoms with Gasteiger partial charge in [-0.05, 0) is 82.0 Å². The number of nitrogens with one attached hydrogen (secondary N) is 1. The summed E-state index contributed by atoms with van der Waals surface area (Å²) >= 11 is 6.39. The topological polar surface area (TPSA) is 86.8 Å². The predicted octanol–water partition coefficient (Wildman–Crippen LogP) is 5.79. The van der Waals surface area contributed by atoms with Gasteiger partial charge in [-0.2, -0.15) is 0 Å². The van der Waals surface area contributed by atoms with E-state index in [0.29, 0.717) is 11.4 Å². The fourth-order valence-electron chi connectivity index (χ4n) is 4.37. The normalized spacial score (nSPS) is 12.2. The Bertz CT molecular complexity index is 1460. The highest BCUT2D eigenvalue weighted by Gasteiger charge is 2.34. The zero-order valence-electron chi connectivity index (χ0n) is 23.9. The molecule has 0 heterocycles. The summed E-state index contributed by atoms with van der Waals surface area (Å²) in [6, 6.07) is 18.1. The lowest BCUT2D eigenvalue weighted by molar-refractivity contribution is -0.140. The quantitative estimate of drug-likeness (QED) is 0.309. The maximum atomic E-state index is 14.1. The summed E-state index contributed by atoms with van der Waals surface area (Å²) < 4.78 is 29.0. The molecule has 0 aromatic heterocycles. The van der Waals surface area contributed by atoms with E-state index in [1.165, 1.54) is 17.0 Å². The second-order valence-electron chi connectivity index (χ2n) is 10.3. The number of hydrogen-bond donors (Lipinski definition) is 1. The van der Waals surface area contributed by atoms with Crippen LogP contribution in [0.15, 0.2) is 71.6 Å². The molecule has 0 aliphatic carbocycles. The molecule has 2 amide bonds. The van der Waals surface area contributed by atoms with Crippen molar-refractivity contribution >= 4 is 39.1 Å². The molecule has 0 bridgehead atoms. The number of hydrogen-bond acceptors (Lipinski definition) is 4. The third kappa shape index (κ3) is 7.43. The van der Waals surface area contributed by atoms with Gasteiger partial charge in [0, 0.05) is 17.6 Å². The van der Waals surface area contributed by atoms with Gasteiger partial charge in [0.05, 0.1) is 10.6 Å². The van der Waals surface area contributed by atoms with Gasteiger partial charge < -0.3 is 10.2 Å². The molecule has 0 radical (unpaired) electrons. The fraction of sp³-hybridized carbons (Fsp3) is 0.355. The number of aryl methyl sites for hydroxylation is 3. The number of anilines is 1. The molecule has 7 nitrogen and oxygen atoms in total. The average molecular weight is 584 g/mol. The van der Waals surface area contributed by atoms with Gasteiger partial charge >= 0.3 is 0 Å². The van der Waals surface area contributed by atoms with E-state index in [4.69, 9.17) is 11.6 Å². The van der Waals surface area contributed by atoms with Crippen LogP contribution in [0.4, 0.5) is 5.69 Å². The highest BCUT2D eigenvalue weighted by molar-refractivity contribution is 7.92. The SMILES string of the molecule is CC[C@@H](C(=O)NC(C)C)N(Cc1ccccc1C)C(=O)CN(c1ccc(C)c(Cl)c1)S(=O)(=O)c1ccc(C)cc1. The van der Waals surface area contributed by atoms with Crippen molar-refractivity contribution in [3.8, 4) is 0 Å².